The molecule has 0 aliphatic rings. The predicted molar refractivity (Wildman–Crippen MR) is 42.6 cm³/mol. The Kier molecular flexibility index (Phi) is 2.20. The second-order valence-corrected chi connectivity index (χ2v) is 2.22. The van der Waals surface area contributed by atoms with Crippen LogP contribution in [0, 0.1) is 0 Å². The molecule has 1 aromatic heterocycles. The van der Waals surface area contributed by atoms with Crippen molar-refractivity contribution in [3.05, 3.63) is 5.82 Å². The minimum absolute atomic E-state index is 0.195. The Morgan fingerprint density at radius 3 is 2.09 bits per heavy atom. The quantitative estimate of drug-likeness (QED) is 0.623. The minimum Gasteiger partial charge on any atom is -0.368 e. The molecule has 0 unspecified atom stereocenters. The second kappa shape index (κ2) is 3.14. The van der Waals surface area contributed by atoms with Crippen molar-refractivity contribution in [3.8, 4) is 0 Å². The molecule has 1 aromatic rings. The van der Waals surface area contributed by atoms with Gasteiger partial charge in [0, 0.05) is 6.42 Å². The highest BCUT2D eigenvalue weighted by atomic mass is 15.1. The molecule has 0 saturated heterocycles. The van der Waals surface area contributed by atoms with Gasteiger partial charge in [-0.05, 0) is 6.42 Å². The van der Waals surface area contributed by atoms with Crippen molar-refractivity contribution >= 4 is 11.9 Å². The van der Waals surface area contributed by atoms with E-state index in [2.05, 4.69) is 15.0 Å². The maximum Gasteiger partial charge on any atom is 0.225 e. The number of nitrogen functional groups attached to an aromatic ring is 2. The highest BCUT2D eigenvalue weighted by Crippen LogP contribution is 2.00. The van der Waals surface area contributed by atoms with E-state index >= 15 is 0 Å². The van der Waals surface area contributed by atoms with Gasteiger partial charge in [-0.3, -0.25) is 0 Å². The first-order valence-electron chi connectivity index (χ1n) is 3.48. The van der Waals surface area contributed by atoms with Gasteiger partial charge in [0.1, 0.15) is 5.82 Å². The molecule has 1 rings (SSSR count). The van der Waals surface area contributed by atoms with E-state index in [1.54, 1.807) is 0 Å². The Hall–Kier alpha value is -1.39. The maximum atomic E-state index is 5.35. The van der Waals surface area contributed by atoms with Gasteiger partial charge < -0.3 is 11.5 Å². The van der Waals surface area contributed by atoms with Crippen LogP contribution in [0.1, 0.15) is 19.2 Å². The second-order valence-electron chi connectivity index (χ2n) is 2.22. The van der Waals surface area contributed by atoms with E-state index in [1.807, 2.05) is 6.92 Å². The first kappa shape index (κ1) is 7.71. The van der Waals surface area contributed by atoms with Crippen molar-refractivity contribution in [2.45, 2.75) is 19.8 Å². The van der Waals surface area contributed by atoms with Crippen LogP contribution in [-0.2, 0) is 6.42 Å². The van der Waals surface area contributed by atoms with Crippen LogP contribution in [-0.4, -0.2) is 15.0 Å². The molecule has 0 aliphatic heterocycles. The number of hydrogen-bond acceptors (Lipinski definition) is 5. The van der Waals surface area contributed by atoms with Crippen molar-refractivity contribution in [1.82, 2.24) is 15.0 Å². The van der Waals surface area contributed by atoms with Crippen LogP contribution in [0.25, 0.3) is 0 Å². The van der Waals surface area contributed by atoms with Crippen molar-refractivity contribution in [1.29, 1.82) is 0 Å². The topological polar surface area (TPSA) is 90.7 Å². The molecule has 0 fully saturated rings. The number of aryl methyl sites for hydroxylation is 1. The molecular formula is C6H11N5. The van der Waals surface area contributed by atoms with Gasteiger partial charge in [-0.25, -0.2) is 0 Å². The Bertz CT molecular complexity index is 226. The molecule has 5 heteroatoms. The molecule has 0 aromatic carbocycles. The van der Waals surface area contributed by atoms with E-state index < -0.39 is 0 Å². The molecule has 4 N–H and O–H groups in total. The number of aromatic nitrogens is 3. The van der Waals surface area contributed by atoms with Gasteiger partial charge in [-0.2, -0.15) is 15.0 Å². The fourth-order valence-corrected chi connectivity index (χ4v) is 0.792. The van der Waals surface area contributed by atoms with E-state index in [1.165, 1.54) is 0 Å². The van der Waals surface area contributed by atoms with E-state index in [0.29, 0.717) is 5.82 Å². The molecule has 0 saturated carbocycles. The summed E-state index contributed by atoms with van der Waals surface area (Å²) < 4.78 is 0. The number of rotatable bonds is 2. The normalized spacial score (nSPS) is 9.91. The average Bonchev–Trinajstić information content (AvgIpc) is 1.85. The molecule has 0 amide bonds. The van der Waals surface area contributed by atoms with Gasteiger partial charge >= 0.3 is 0 Å². The van der Waals surface area contributed by atoms with Gasteiger partial charge in [0.2, 0.25) is 11.9 Å². The third kappa shape index (κ3) is 2.03. The summed E-state index contributed by atoms with van der Waals surface area (Å²) in [6.07, 6.45) is 1.76. The molecule has 5 nitrogen and oxygen atoms in total. The number of nitrogens with two attached hydrogens (primary N) is 2. The lowest BCUT2D eigenvalue weighted by Crippen LogP contribution is -2.06. The summed E-state index contributed by atoms with van der Waals surface area (Å²) in [7, 11) is 0. The van der Waals surface area contributed by atoms with E-state index in [-0.39, 0.29) is 11.9 Å². The molecule has 0 radical (unpaired) electrons. The molecule has 60 valence electrons. The van der Waals surface area contributed by atoms with Crippen LogP contribution >= 0.6 is 0 Å². The van der Waals surface area contributed by atoms with Crippen LogP contribution in [0.4, 0.5) is 11.9 Å². The molecule has 11 heavy (non-hydrogen) atoms. The van der Waals surface area contributed by atoms with Crippen LogP contribution in [0.3, 0.4) is 0 Å². The van der Waals surface area contributed by atoms with Gasteiger partial charge in [0.25, 0.3) is 0 Å². The number of hydrogen-bond donors (Lipinski definition) is 2. The SMILES string of the molecule is CCCc1nc(N)nc(N)n1. The Morgan fingerprint density at radius 1 is 1.09 bits per heavy atom. The lowest BCUT2D eigenvalue weighted by molar-refractivity contribution is 0.826. The zero-order valence-electron chi connectivity index (χ0n) is 6.41. The fraction of sp³-hybridized carbons (Fsp3) is 0.500. The van der Waals surface area contributed by atoms with Gasteiger partial charge in [-0.1, -0.05) is 6.92 Å². The summed E-state index contributed by atoms with van der Waals surface area (Å²) in [6, 6.07) is 0. The van der Waals surface area contributed by atoms with Crippen molar-refractivity contribution < 1.29 is 0 Å². The third-order valence-electron chi connectivity index (χ3n) is 1.19. The summed E-state index contributed by atoms with van der Waals surface area (Å²) in [5.74, 6) is 1.06. The lowest BCUT2D eigenvalue weighted by Gasteiger charge is -1.98. The highest BCUT2D eigenvalue weighted by molar-refractivity contribution is 5.25. The Labute approximate surface area is 64.9 Å². The Morgan fingerprint density at radius 2 is 1.64 bits per heavy atom. The van der Waals surface area contributed by atoms with Gasteiger partial charge in [0.05, 0.1) is 0 Å². The summed E-state index contributed by atoms with van der Waals surface area (Å²) in [4.78, 5) is 11.4. The van der Waals surface area contributed by atoms with Gasteiger partial charge in [0.15, 0.2) is 0 Å². The van der Waals surface area contributed by atoms with Crippen LogP contribution in [0.2, 0.25) is 0 Å². The average molecular weight is 153 g/mol. The Balaban J connectivity index is 2.89. The van der Waals surface area contributed by atoms with Crippen molar-refractivity contribution in [2.24, 2.45) is 0 Å². The van der Waals surface area contributed by atoms with Crippen molar-refractivity contribution in [3.63, 3.8) is 0 Å². The first-order chi connectivity index (χ1) is 5.22. The molecule has 0 spiro atoms. The molecule has 0 atom stereocenters. The fourth-order valence-electron chi connectivity index (χ4n) is 0.792. The number of nitrogens with zero attached hydrogens (tertiary/aromatic N) is 3. The maximum absolute atomic E-state index is 5.35. The smallest absolute Gasteiger partial charge is 0.225 e. The minimum atomic E-state index is 0.195. The monoisotopic (exact) mass is 153 g/mol. The summed E-state index contributed by atoms with van der Waals surface area (Å²) in [5, 5.41) is 0. The molecule has 0 aliphatic carbocycles. The van der Waals surface area contributed by atoms with Crippen LogP contribution in [0.5, 0.6) is 0 Å². The predicted octanol–water partition coefficient (Wildman–Crippen LogP) is -0.0115. The van der Waals surface area contributed by atoms with Crippen molar-refractivity contribution in [2.75, 3.05) is 11.5 Å². The third-order valence-corrected chi connectivity index (χ3v) is 1.19. The zero-order valence-corrected chi connectivity index (χ0v) is 6.41. The molecule has 0 bridgehead atoms. The van der Waals surface area contributed by atoms with Crippen LogP contribution < -0.4 is 11.5 Å². The van der Waals surface area contributed by atoms with E-state index in [0.717, 1.165) is 12.8 Å². The standard InChI is InChI=1S/C6H11N5/c1-2-3-4-9-5(7)11-6(8)10-4/h2-3H2,1H3,(H4,7,8,9,10,11). The number of anilines is 2. The highest BCUT2D eigenvalue weighted by Gasteiger charge is 1.98. The molecule has 1 heterocycles. The van der Waals surface area contributed by atoms with E-state index in [4.69, 9.17) is 11.5 Å². The van der Waals surface area contributed by atoms with E-state index in [9.17, 15) is 0 Å². The largest absolute Gasteiger partial charge is 0.368 e. The summed E-state index contributed by atoms with van der Waals surface area (Å²) in [5.41, 5.74) is 10.7. The first-order valence-corrected chi connectivity index (χ1v) is 3.48. The summed E-state index contributed by atoms with van der Waals surface area (Å²) >= 11 is 0. The van der Waals surface area contributed by atoms with Crippen LogP contribution in [0.15, 0.2) is 0 Å². The lowest BCUT2D eigenvalue weighted by atomic mass is 10.3. The van der Waals surface area contributed by atoms with Gasteiger partial charge in [-0.15, -0.1) is 0 Å². The molecular weight excluding hydrogens is 142 g/mol. The zero-order chi connectivity index (χ0) is 8.27. The summed E-state index contributed by atoms with van der Waals surface area (Å²) in [6.45, 7) is 2.04.